The van der Waals surface area contributed by atoms with Gasteiger partial charge in [-0.3, -0.25) is 4.90 Å². The summed E-state index contributed by atoms with van der Waals surface area (Å²) in [5.74, 6) is 0. The molecule has 2 unspecified atom stereocenters. The van der Waals surface area contributed by atoms with E-state index in [9.17, 15) is 0 Å². The van der Waals surface area contributed by atoms with Crippen molar-refractivity contribution in [2.75, 3.05) is 6.54 Å². The Morgan fingerprint density at radius 3 is 2.44 bits per heavy atom. The van der Waals surface area contributed by atoms with Gasteiger partial charge in [-0.05, 0) is 31.9 Å². The van der Waals surface area contributed by atoms with E-state index in [1.165, 1.54) is 24.8 Å². The summed E-state index contributed by atoms with van der Waals surface area (Å²) in [6.07, 6.45) is 6.31. The van der Waals surface area contributed by atoms with Crippen molar-refractivity contribution in [3.05, 3.63) is 47.5 Å². The minimum absolute atomic E-state index is 0.512. The Balaban J connectivity index is 2.24. The number of likely N-dealkylation sites (N-methyl/N-ethyl adjacent to an activating group) is 1. The van der Waals surface area contributed by atoms with Crippen molar-refractivity contribution < 1.29 is 0 Å². The molecule has 0 aliphatic carbocycles. The lowest BCUT2D eigenvalue weighted by Crippen LogP contribution is -2.30. The average molecular weight is 243 g/mol. The molecular weight excluding hydrogens is 218 g/mol. The number of unbranched alkanes of at least 4 members (excludes halogenated alkanes) is 1. The highest BCUT2D eigenvalue weighted by Crippen LogP contribution is 2.38. The van der Waals surface area contributed by atoms with Crippen LogP contribution >= 0.6 is 0 Å². The van der Waals surface area contributed by atoms with Gasteiger partial charge >= 0.3 is 0 Å². The van der Waals surface area contributed by atoms with Gasteiger partial charge in [0.05, 0.1) is 6.04 Å². The Morgan fingerprint density at radius 2 is 1.83 bits per heavy atom. The normalized spacial score (nSPS) is 24.3. The van der Waals surface area contributed by atoms with Gasteiger partial charge in [-0.25, -0.2) is 0 Å². The molecule has 0 radical (unpaired) electrons. The highest BCUT2D eigenvalue weighted by Gasteiger charge is 2.31. The second-order valence-electron chi connectivity index (χ2n) is 5.23. The monoisotopic (exact) mass is 243 g/mol. The maximum absolute atomic E-state index is 2.60. The van der Waals surface area contributed by atoms with Crippen LogP contribution in [0.4, 0.5) is 0 Å². The predicted octanol–water partition coefficient (Wildman–Crippen LogP) is 4.57. The molecule has 0 amide bonds. The van der Waals surface area contributed by atoms with E-state index in [2.05, 4.69) is 62.1 Å². The van der Waals surface area contributed by atoms with Crippen LogP contribution in [0.25, 0.3) is 0 Å². The molecule has 1 heterocycles. The molecule has 1 aliphatic heterocycles. The van der Waals surface area contributed by atoms with Crippen LogP contribution < -0.4 is 0 Å². The highest BCUT2D eigenvalue weighted by atomic mass is 15.2. The van der Waals surface area contributed by atoms with Crippen molar-refractivity contribution in [3.63, 3.8) is 0 Å². The molecule has 1 aromatic rings. The molecule has 0 bridgehead atoms. The Kier molecular flexibility index (Phi) is 4.60. The lowest BCUT2D eigenvalue weighted by molar-refractivity contribution is 0.225. The molecule has 1 heteroatoms. The first kappa shape index (κ1) is 13.4. The van der Waals surface area contributed by atoms with Crippen LogP contribution in [-0.2, 0) is 0 Å². The fourth-order valence-electron chi connectivity index (χ4n) is 3.06. The number of rotatable bonds is 5. The van der Waals surface area contributed by atoms with E-state index >= 15 is 0 Å². The predicted molar refractivity (Wildman–Crippen MR) is 78.6 cm³/mol. The molecule has 1 nitrogen and oxygen atoms in total. The summed E-state index contributed by atoms with van der Waals surface area (Å²) < 4.78 is 0. The van der Waals surface area contributed by atoms with Gasteiger partial charge in [-0.1, -0.05) is 62.2 Å². The first-order chi connectivity index (χ1) is 8.77. The first-order valence-corrected chi connectivity index (χ1v) is 7.29. The van der Waals surface area contributed by atoms with Crippen LogP contribution in [-0.4, -0.2) is 17.5 Å². The van der Waals surface area contributed by atoms with E-state index in [1.54, 1.807) is 5.57 Å². The van der Waals surface area contributed by atoms with Crippen molar-refractivity contribution in [2.45, 2.75) is 52.1 Å². The Bertz CT molecular complexity index is 393. The zero-order valence-corrected chi connectivity index (χ0v) is 11.9. The molecular formula is C17H25N. The smallest absolute Gasteiger partial charge is 0.0566 e. The van der Waals surface area contributed by atoms with E-state index in [1.807, 2.05) is 0 Å². The zero-order chi connectivity index (χ0) is 13.0. The molecule has 0 fully saturated rings. The fourth-order valence-corrected chi connectivity index (χ4v) is 3.06. The number of nitrogens with zero attached hydrogens (tertiary/aromatic N) is 1. The van der Waals surface area contributed by atoms with Crippen LogP contribution in [0, 0.1) is 0 Å². The van der Waals surface area contributed by atoms with Gasteiger partial charge in [-0.15, -0.1) is 0 Å². The van der Waals surface area contributed by atoms with Crippen molar-refractivity contribution in [3.8, 4) is 0 Å². The third-order valence-electron chi connectivity index (χ3n) is 3.96. The Labute approximate surface area is 112 Å². The van der Waals surface area contributed by atoms with Crippen LogP contribution in [0.1, 0.15) is 51.6 Å². The molecule has 0 spiro atoms. The molecule has 98 valence electrons. The summed E-state index contributed by atoms with van der Waals surface area (Å²) in [5, 5.41) is 0. The molecule has 1 aliphatic rings. The molecule has 0 aromatic heterocycles. The lowest BCUT2D eigenvalue weighted by Gasteiger charge is -2.29. The average Bonchev–Trinajstić information content (AvgIpc) is 2.73. The van der Waals surface area contributed by atoms with E-state index in [0.29, 0.717) is 12.1 Å². The van der Waals surface area contributed by atoms with Crippen LogP contribution in [0.2, 0.25) is 0 Å². The summed E-state index contributed by atoms with van der Waals surface area (Å²) in [7, 11) is 0. The van der Waals surface area contributed by atoms with Crippen LogP contribution in [0.5, 0.6) is 0 Å². The topological polar surface area (TPSA) is 3.24 Å². The second-order valence-corrected chi connectivity index (χ2v) is 5.23. The van der Waals surface area contributed by atoms with Gasteiger partial charge in [0.15, 0.2) is 0 Å². The van der Waals surface area contributed by atoms with E-state index in [-0.39, 0.29) is 0 Å². The maximum Gasteiger partial charge on any atom is 0.0566 e. The highest BCUT2D eigenvalue weighted by molar-refractivity contribution is 5.33. The Hall–Kier alpha value is -1.08. The molecule has 2 rings (SSSR count). The van der Waals surface area contributed by atoms with Gasteiger partial charge < -0.3 is 0 Å². The summed E-state index contributed by atoms with van der Waals surface area (Å²) >= 11 is 0. The fraction of sp³-hybridized carbons (Fsp3) is 0.529. The van der Waals surface area contributed by atoms with Gasteiger partial charge in [0, 0.05) is 6.04 Å². The summed E-state index contributed by atoms with van der Waals surface area (Å²) in [5.41, 5.74) is 3.07. The molecule has 0 saturated carbocycles. The van der Waals surface area contributed by atoms with E-state index in [0.717, 1.165) is 6.54 Å². The second kappa shape index (κ2) is 6.19. The molecule has 2 atom stereocenters. The molecule has 0 saturated heterocycles. The molecule has 1 aromatic carbocycles. The van der Waals surface area contributed by atoms with E-state index in [4.69, 9.17) is 0 Å². The van der Waals surface area contributed by atoms with Crippen molar-refractivity contribution in [1.29, 1.82) is 0 Å². The molecule has 0 N–H and O–H groups in total. The van der Waals surface area contributed by atoms with Gasteiger partial charge in [-0.2, -0.15) is 0 Å². The SMILES string of the molecule is CCCCC1=CC(C)N(CC)C1c1ccccc1. The summed E-state index contributed by atoms with van der Waals surface area (Å²) in [4.78, 5) is 2.60. The number of hydrogen-bond donors (Lipinski definition) is 0. The van der Waals surface area contributed by atoms with Crippen LogP contribution in [0.15, 0.2) is 42.0 Å². The standard InChI is InChI=1S/C17H25N/c1-4-6-10-16-13-14(3)18(5-2)17(16)15-11-8-7-9-12-15/h7-9,11-14,17H,4-6,10H2,1-3H3. The summed E-state index contributed by atoms with van der Waals surface area (Å²) in [6.45, 7) is 7.97. The van der Waals surface area contributed by atoms with Gasteiger partial charge in [0.2, 0.25) is 0 Å². The zero-order valence-electron chi connectivity index (χ0n) is 11.9. The minimum Gasteiger partial charge on any atom is -0.287 e. The largest absolute Gasteiger partial charge is 0.287 e. The van der Waals surface area contributed by atoms with Crippen molar-refractivity contribution >= 4 is 0 Å². The molecule has 18 heavy (non-hydrogen) atoms. The van der Waals surface area contributed by atoms with Crippen molar-refractivity contribution in [2.24, 2.45) is 0 Å². The maximum atomic E-state index is 2.60. The lowest BCUT2D eigenvalue weighted by atomic mass is 9.96. The Morgan fingerprint density at radius 1 is 1.11 bits per heavy atom. The van der Waals surface area contributed by atoms with Gasteiger partial charge in [0.1, 0.15) is 0 Å². The third-order valence-corrected chi connectivity index (χ3v) is 3.96. The first-order valence-electron chi connectivity index (χ1n) is 7.29. The third kappa shape index (κ3) is 2.67. The van der Waals surface area contributed by atoms with E-state index < -0.39 is 0 Å². The van der Waals surface area contributed by atoms with Crippen LogP contribution in [0.3, 0.4) is 0 Å². The van der Waals surface area contributed by atoms with Crippen molar-refractivity contribution in [1.82, 2.24) is 4.90 Å². The number of benzene rings is 1. The van der Waals surface area contributed by atoms with Gasteiger partial charge in [0.25, 0.3) is 0 Å². The minimum atomic E-state index is 0.512. The summed E-state index contributed by atoms with van der Waals surface area (Å²) in [6, 6.07) is 12.0. The number of hydrogen-bond acceptors (Lipinski definition) is 1. The quantitative estimate of drug-likeness (QED) is 0.685.